The number of nitrogens with two attached hydrogens (primary N) is 1. The van der Waals surface area contributed by atoms with Crippen LogP contribution in [0.4, 0.5) is 0 Å². The van der Waals surface area contributed by atoms with Gasteiger partial charge in [-0.3, -0.25) is 9.59 Å². The summed E-state index contributed by atoms with van der Waals surface area (Å²) in [7, 11) is 1.21. The van der Waals surface area contributed by atoms with Crippen LogP contribution in [0.3, 0.4) is 0 Å². The summed E-state index contributed by atoms with van der Waals surface area (Å²) in [6, 6.07) is 3.51. The Morgan fingerprint density at radius 1 is 1.39 bits per heavy atom. The smallest absolute Gasteiger partial charge is 0.323 e. The van der Waals surface area contributed by atoms with E-state index < -0.39 is 12.0 Å². The highest BCUT2D eigenvalue weighted by molar-refractivity contribution is 6.36. The topological polar surface area (TPSA) is 69.4 Å². The molecule has 0 saturated heterocycles. The van der Waals surface area contributed by atoms with Gasteiger partial charge in [-0.05, 0) is 18.2 Å². The molecule has 100 valence electrons. The summed E-state index contributed by atoms with van der Waals surface area (Å²) < 4.78 is 4.43. The largest absolute Gasteiger partial charge is 0.468 e. The average molecular weight is 313 g/mol. The van der Waals surface area contributed by atoms with Crippen LogP contribution in [0.15, 0.2) is 18.2 Å². The number of carbonyl (C=O) groups excluding carboxylic acids is 2. The molecule has 1 rings (SSSR count). The highest BCUT2D eigenvalue weighted by atomic mass is 35.5. The first-order chi connectivity index (χ1) is 7.95. The number of Topliss-reactive ketones (excluding diaryl/α,β-unsaturated/α-hetero) is 1. The maximum absolute atomic E-state index is 11.8. The van der Waals surface area contributed by atoms with Crippen molar-refractivity contribution in [3.05, 3.63) is 33.8 Å². The summed E-state index contributed by atoms with van der Waals surface area (Å²) in [5, 5.41) is 0.670. The van der Waals surface area contributed by atoms with Gasteiger partial charge in [0.15, 0.2) is 5.78 Å². The van der Waals surface area contributed by atoms with E-state index in [-0.39, 0.29) is 35.2 Å². The van der Waals surface area contributed by atoms with Crippen molar-refractivity contribution in [1.29, 1.82) is 0 Å². The number of methoxy groups -OCH3 is 1. The van der Waals surface area contributed by atoms with Crippen molar-refractivity contribution in [2.24, 2.45) is 5.73 Å². The summed E-state index contributed by atoms with van der Waals surface area (Å²) in [6.07, 6.45) is -0.159. The molecule has 2 N–H and O–H groups in total. The number of carbonyl (C=O) groups is 2. The Morgan fingerprint density at radius 2 is 2.00 bits per heavy atom. The van der Waals surface area contributed by atoms with E-state index in [1.54, 1.807) is 6.07 Å². The van der Waals surface area contributed by atoms with Gasteiger partial charge in [0.25, 0.3) is 0 Å². The van der Waals surface area contributed by atoms with E-state index in [1.807, 2.05) is 0 Å². The van der Waals surface area contributed by atoms with Crippen molar-refractivity contribution in [1.82, 2.24) is 0 Å². The van der Waals surface area contributed by atoms with E-state index in [9.17, 15) is 9.59 Å². The van der Waals surface area contributed by atoms with Crippen LogP contribution in [0.1, 0.15) is 16.8 Å². The second-order valence-corrected chi connectivity index (χ2v) is 4.22. The van der Waals surface area contributed by atoms with Crippen LogP contribution in [0, 0.1) is 0 Å². The van der Waals surface area contributed by atoms with Crippen LogP contribution in [-0.4, -0.2) is 24.9 Å². The van der Waals surface area contributed by atoms with Crippen LogP contribution in [0.2, 0.25) is 10.0 Å². The van der Waals surface area contributed by atoms with Crippen LogP contribution in [-0.2, 0) is 9.53 Å². The predicted octanol–water partition coefficient (Wildman–Crippen LogP) is 2.49. The zero-order chi connectivity index (χ0) is 13.0. The lowest BCUT2D eigenvalue weighted by atomic mass is 10.0. The van der Waals surface area contributed by atoms with Crippen molar-refractivity contribution >= 4 is 47.4 Å². The fourth-order valence-electron chi connectivity index (χ4n) is 1.26. The Morgan fingerprint density at radius 3 is 2.50 bits per heavy atom. The van der Waals surface area contributed by atoms with Crippen LogP contribution in [0.25, 0.3) is 0 Å². The van der Waals surface area contributed by atoms with Crippen LogP contribution >= 0.6 is 35.6 Å². The monoisotopic (exact) mass is 311 g/mol. The highest BCUT2D eigenvalue weighted by Crippen LogP contribution is 2.22. The lowest BCUT2D eigenvalue weighted by Crippen LogP contribution is -2.33. The molecule has 1 aromatic carbocycles. The van der Waals surface area contributed by atoms with Gasteiger partial charge in [0, 0.05) is 17.0 Å². The van der Waals surface area contributed by atoms with Crippen molar-refractivity contribution in [2.75, 3.05) is 7.11 Å². The molecule has 0 spiro atoms. The number of hydrogen-bond acceptors (Lipinski definition) is 4. The molecule has 0 saturated carbocycles. The molecule has 0 fully saturated rings. The van der Waals surface area contributed by atoms with Gasteiger partial charge in [-0.1, -0.05) is 23.2 Å². The third-order valence-electron chi connectivity index (χ3n) is 2.14. The van der Waals surface area contributed by atoms with Gasteiger partial charge in [0.1, 0.15) is 6.04 Å². The highest BCUT2D eigenvalue weighted by Gasteiger charge is 2.20. The Balaban J connectivity index is 0.00000289. The number of ketones is 1. The first kappa shape index (κ1) is 17.2. The summed E-state index contributed by atoms with van der Waals surface area (Å²) >= 11 is 11.6. The molecule has 18 heavy (non-hydrogen) atoms. The second kappa shape index (κ2) is 7.59. The molecule has 0 aromatic heterocycles. The van der Waals surface area contributed by atoms with E-state index in [1.165, 1.54) is 19.2 Å². The van der Waals surface area contributed by atoms with E-state index >= 15 is 0 Å². The minimum atomic E-state index is -0.987. The third kappa shape index (κ3) is 4.46. The van der Waals surface area contributed by atoms with Crippen molar-refractivity contribution in [3.63, 3.8) is 0 Å². The molecule has 0 unspecified atom stereocenters. The minimum Gasteiger partial charge on any atom is -0.468 e. The van der Waals surface area contributed by atoms with Gasteiger partial charge >= 0.3 is 5.97 Å². The van der Waals surface area contributed by atoms with Gasteiger partial charge in [-0.2, -0.15) is 0 Å². The van der Waals surface area contributed by atoms with Gasteiger partial charge in [-0.15, -0.1) is 12.4 Å². The zero-order valence-electron chi connectivity index (χ0n) is 9.48. The van der Waals surface area contributed by atoms with Gasteiger partial charge in [0.05, 0.1) is 12.1 Å². The Labute approximate surface area is 121 Å². The molecular weight excluding hydrogens is 300 g/mol. The number of ether oxygens (including phenoxy) is 1. The van der Waals surface area contributed by atoms with E-state index in [2.05, 4.69) is 4.74 Å². The first-order valence-electron chi connectivity index (χ1n) is 4.77. The summed E-state index contributed by atoms with van der Waals surface area (Å²) in [4.78, 5) is 22.9. The van der Waals surface area contributed by atoms with E-state index in [0.717, 1.165) is 0 Å². The molecule has 0 bridgehead atoms. The molecule has 0 aliphatic rings. The van der Waals surface area contributed by atoms with Gasteiger partial charge in [0.2, 0.25) is 0 Å². The Bertz CT molecular complexity index is 451. The van der Waals surface area contributed by atoms with E-state index in [4.69, 9.17) is 28.9 Å². The summed E-state index contributed by atoms with van der Waals surface area (Å²) in [6.45, 7) is 0. The van der Waals surface area contributed by atoms with E-state index in [0.29, 0.717) is 5.02 Å². The van der Waals surface area contributed by atoms with Crippen LogP contribution < -0.4 is 5.73 Å². The molecule has 1 aromatic rings. The van der Waals surface area contributed by atoms with Crippen molar-refractivity contribution in [3.8, 4) is 0 Å². The van der Waals surface area contributed by atoms with Crippen molar-refractivity contribution in [2.45, 2.75) is 12.5 Å². The van der Waals surface area contributed by atoms with Gasteiger partial charge in [-0.25, -0.2) is 0 Å². The van der Waals surface area contributed by atoms with Crippen LogP contribution in [0.5, 0.6) is 0 Å². The number of esters is 1. The first-order valence-corrected chi connectivity index (χ1v) is 5.53. The Hall–Kier alpha value is -0.810. The molecule has 0 aliphatic carbocycles. The molecule has 0 heterocycles. The Kier molecular flexibility index (Phi) is 7.25. The summed E-state index contributed by atoms with van der Waals surface area (Å²) in [5.74, 6) is -0.965. The zero-order valence-corrected chi connectivity index (χ0v) is 11.8. The second-order valence-electron chi connectivity index (χ2n) is 3.38. The molecule has 7 heteroatoms. The molecule has 0 aliphatic heterocycles. The fourth-order valence-corrected chi connectivity index (χ4v) is 1.77. The third-order valence-corrected chi connectivity index (χ3v) is 2.69. The lowest BCUT2D eigenvalue weighted by molar-refractivity contribution is -0.142. The number of benzene rings is 1. The quantitative estimate of drug-likeness (QED) is 0.685. The van der Waals surface area contributed by atoms with Gasteiger partial charge < -0.3 is 10.5 Å². The fraction of sp³-hybridized carbons (Fsp3) is 0.273. The number of halogens is 3. The maximum Gasteiger partial charge on any atom is 0.323 e. The number of rotatable bonds is 4. The summed E-state index contributed by atoms with van der Waals surface area (Å²) in [5.41, 5.74) is 5.77. The molecule has 1 atom stereocenters. The standard InChI is InChI=1S/C11H11Cl2NO3.ClH/c1-17-11(16)9(14)5-10(15)7-3-2-6(12)4-8(7)13;/h2-4,9H,5,14H2,1H3;1H/t9-;/m0./s1. The SMILES string of the molecule is COC(=O)[C@@H](N)CC(=O)c1ccc(Cl)cc1Cl.Cl. The normalized spacial score (nSPS) is 11.3. The predicted molar refractivity (Wildman–Crippen MR) is 72.6 cm³/mol. The molecular formula is C11H12Cl3NO3. The molecule has 4 nitrogen and oxygen atoms in total. The average Bonchev–Trinajstić information content (AvgIpc) is 2.27. The van der Waals surface area contributed by atoms with Crippen molar-refractivity contribution < 1.29 is 14.3 Å². The lowest BCUT2D eigenvalue weighted by Gasteiger charge is -2.09. The number of hydrogen-bond donors (Lipinski definition) is 1. The maximum atomic E-state index is 11.8. The molecule has 0 amide bonds. The minimum absolute atomic E-state index is 0. The molecule has 0 radical (unpaired) electrons.